The van der Waals surface area contributed by atoms with Gasteiger partial charge in [-0.05, 0) is 18.3 Å². The molecular formula is C15H24O3S. The number of carbonyl (C=O) groups excluding carboxylic acids is 3. The highest BCUT2D eigenvalue weighted by Gasteiger charge is 2.41. The van der Waals surface area contributed by atoms with Gasteiger partial charge in [-0.3, -0.25) is 14.4 Å². The zero-order valence-corrected chi connectivity index (χ0v) is 12.9. The van der Waals surface area contributed by atoms with Crippen LogP contribution in [0.2, 0.25) is 0 Å². The van der Waals surface area contributed by atoms with Gasteiger partial charge in [0.05, 0.1) is 0 Å². The zero-order valence-electron chi connectivity index (χ0n) is 12.0. The standard InChI is InChI=1S/C15H24O3S/c1-4-6-11(16)14-12(17)7-10(8-13(14)18)15(19)9(3)5-2/h9-10,14-15,19H,4-8H2,1-3H3. The molecule has 0 spiro atoms. The molecule has 0 aromatic heterocycles. The molecule has 0 amide bonds. The monoisotopic (exact) mass is 284 g/mol. The molecule has 0 heterocycles. The summed E-state index contributed by atoms with van der Waals surface area (Å²) in [4.78, 5) is 36.0. The normalized spacial score (nSPS) is 27.2. The van der Waals surface area contributed by atoms with Crippen LogP contribution in [0.1, 0.15) is 52.9 Å². The third kappa shape index (κ3) is 3.91. The third-order valence-corrected chi connectivity index (χ3v) is 5.03. The van der Waals surface area contributed by atoms with E-state index in [-0.39, 0.29) is 28.5 Å². The summed E-state index contributed by atoms with van der Waals surface area (Å²) in [5.41, 5.74) is 0. The molecule has 1 saturated carbocycles. The quantitative estimate of drug-likeness (QED) is 0.603. The number of carbonyl (C=O) groups is 3. The van der Waals surface area contributed by atoms with Crippen LogP contribution in [0.5, 0.6) is 0 Å². The van der Waals surface area contributed by atoms with E-state index < -0.39 is 5.92 Å². The molecule has 0 aliphatic heterocycles. The van der Waals surface area contributed by atoms with Gasteiger partial charge in [-0.1, -0.05) is 27.2 Å². The molecule has 1 aliphatic rings. The zero-order chi connectivity index (χ0) is 14.6. The minimum Gasteiger partial charge on any atom is -0.298 e. The number of rotatable bonds is 6. The van der Waals surface area contributed by atoms with Gasteiger partial charge in [-0.25, -0.2) is 0 Å². The highest BCUT2D eigenvalue weighted by molar-refractivity contribution is 7.81. The van der Waals surface area contributed by atoms with E-state index in [9.17, 15) is 14.4 Å². The van der Waals surface area contributed by atoms with Gasteiger partial charge < -0.3 is 0 Å². The maximum atomic E-state index is 12.1. The van der Waals surface area contributed by atoms with Crippen molar-refractivity contribution in [3.05, 3.63) is 0 Å². The average Bonchev–Trinajstić information content (AvgIpc) is 2.36. The van der Waals surface area contributed by atoms with E-state index in [0.717, 1.165) is 6.42 Å². The molecule has 0 bridgehead atoms. The molecule has 4 heteroatoms. The number of hydrogen-bond donors (Lipinski definition) is 1. The van der Waals surface area contributed by atoms with Crippen molar-refractivity contribution in [3.63, 3.8) is 0 Å². The minimum atomic E-state index is -0.978. The summed E-state index contributed by atoms with van der Waals surface area (Å²) in [6.07, 6.45) is 2.63. The number of thiol groups is 1. The Balaban J connectivity index is 2.73. The van der Waals surface area contributed by atoms with Crippen LogP contribution in [0.4, 0.5) is 0 Å². The number of ketones is 3. The highest BCUT2D eigenvalue weighted by atomic mass is 32.1. The Hall–Kier alpha value is -0.640. The molecule has 1 aliphatic carbocycles. The van der Waals surface area contributed by atoms with Crippen LogP contribution in [-0.2, 0) is 14.4 Å². The molecule has 0 saturated heterocycles. The number of hydrogen-bond acceptors (Lipinski definition) is 4. The fourth-order valence-corrected chi connectivity index (χ4v) is 3.12. The van der Waals surface area contributed by atoms with Gasteiger partial charge in [-0.2, -0.15) is 12.6 Å². The van der Waals surface area contributed by atoms with Crippen molar-refractivity contribution in [2.45, 2.75) is 58.1 Å². The van der Waals surface area contributed by atoms with Gasteiger partial charge >= 0.3 is 0 Å². The first kappa shape index (κ1) is 16.4. The molecule has 0 N–H and O–H groups in total. The smallest absolute Gasteiger partial charge is 0.151 e. The Morgan fingerprint density at radius 2 is 1.79 bits per heavy atom. The summed E-state index contributed by atoms with van der Waals surface area (Å²) in [6.45, 7) is 6.04. The van der Waals surface area contributed by atoms with E-state index in [1.165, 1.54) is 0 Å². The average molecular weight is 284 g/mol. The third-order valence-electron chi connectivity index (χ3n) is 4.10. The molecule has 1 fully saturated rings. The molecule has 0 aromatic rings. The van der Waals surface area contributed by atoms with Crippen molar-refractivity contribution < 1.29 is 14.4 Å². The summed E-state index contributed by atoms with van der Waals surface area (Å²) >= 11 is 4.56. The summed E-state index contributed by atoms with van der Waals surface area (Å²) in [7, 11) is 0. The van der Waals surface area contributed by atoms with Crippen LogP contribution in [0.25, 0.3) is 0 Å². The summed E-state index contributed by atoms with van der Waals surface area (Å²) in [5, 5.41) is 0.0557. The van der Waals surface area contributed by atoms with Crippen molar-refractivity contribution in [1.29, 1.82) is 0 Å². The second kappa shape index (κ2) is 7.22. The molecule has 1 rings (SSSR count). The van der Waals surface area contributed by atoms with Crippen LogP contribution in [0.3, 0.4) is 0 Å². The van der Waals surface area contributed by atoms with Crippen LogP contribution < -0.4 is 0 Å². The SMILES string of the molecule is CCCC(=O)C1C(=O)CC(C(S)C(C)CC)CC1=O. The summed E-state index contributed by atoms with van der Waals surface area (Å²) in [5.74, 6) is -1.20. The van der Waals surface area contributed by atoms with Gasteiger partial charge in [0.15, 0.2) is 17.3 Å². The fraction of sp³-hybridized carbons (Fsp3) is 0.800. The van der Waals surface area contributed by atoms with E-state index in [0.29, 0.717) is 31.6 Å². The predicted molar refractivity (Wildman–Crippen MR) is 78.4 cm³/mol. The molecule has 3 nitrogen and oxygen atoms in total. The lowest BCUT2D eigenvalue weighted by atomic mass is 9.74. The molecule has 2 atom stereocenters. The fourth-order valence-electron chi connectivity index (χ4n) is 2.70. The van der Waals surface area contributed by atoms with E-state index in [2.05, 4.69) is 26.5 Å². The van der Waals surface area contributed by atoms with Gasteiger partial charge in [0.1, 0.15) is 5.92 Å². The van der Waals surface area contributed by atoms with Crippen molar-refractivity contribution in [1.82, 2.24) is 0 Å². The second-order valence-corrected chi connectivity index (χ2v) is 6.22. The van der Waals surface area contributed by atoms with Crippen molar-refractivity contribution in [2.75, 3.05) is 0 Å². The number of Topliss-reactive ketones (excluding diaryl/α,β-unsaturated/α-hetero) is 3. The van der Waals surface area contributed by atoms with Crippen molar-refractivity contribution in [3.8, 4) is 0 Å². The Labute approximate surface area is 120 Å². The molecule has 2 unspecified atom stereocenters. The molecule has 19 heavy (non-hydrogen) atoms. The lowest BCUT2D eigenvalue weighted by Gasteiger charge is -2.32. The molecule has 0 aromatic carbocycles. The van der Waals surface area contributed by atoms with Crippen LogP contribution >= 0.6 is 12.6 Å². The first-order chi connectivity index (χ1) is 8.92. The van der Waals surface area contributed by atoms with Crippen molar-refractivity contribution in [2.24, 2.45) is 17.8 Å². The largest absolute Gasteiger partial charge is 0.298 e. The first-order valence-electron chi connectivity index (χ1n) is 7.18. The maximum absolute atomic E-state index is 12.1. The van der Waals surface area contributed by atoms with Crippen LogP contribution in [-0.4, -0.2) is 22.6 Å². The highest BCUT2D eigenvalue weighted by Crippen LogP contribution is 2.33. The first-order valence-corrected chi connectivity index (χ1v) is 7.70. The van der Waals surface area contributed by atoms with Gasteiger partial charge in [-0.15, -0.1) is 0 Å². The topological polar surface area (TPSA) is 51.2 Å². The lowest BCUT2D eigenvalue weighted by Crippen LogP contribution is -2.42. The van der Waals surface area contributed by atoms with E-state index in [1.54, 1.807) is 0 Å². The summed E-state index contributed by atoms with van der Waals surface area (Å²) < 4.78 is 0. The van der Waals surface area contributed by atoms with Crippen LogP contribution in [0.15, 0.2) is 0 Å². The molecular weight excluding hydrogens is 260 g/mol. The van der Waals surface area contributed by atoms with E-state index in [1.807, 2.05) is 6.92 Å². The van der Waals surface area contributed by atoms with E-state index >= 15 is 0 Å². The van der Waals surface area contributed by atoms with Gasteiger partial charge in [0.25, 0.3) is 0 Å². The predicted octanol–water partition coefficient (Wildman–Crippen LogP) is 2.86. The Morgan fingerprint density at radius 1 is 1.26 bits per heavy atom. The maximum Gasteiger partial charge on any atom is 0.151 e. The van der Waals surface area contributed by atoms with Gasteiger partial charge in [0, 0.05) is 24.5 Å². The Morgan fingerprint density at radius 3 is 2.21 bits per heavy atom. The second-order valence-electron chi connectivity index (χ2n) is 5.63. The van der Waals surface area contributed by atoms with Gasteiger partial charge in [0.2, 0.25) is 0 Å². The lowest BCUT2D eigenvalue weighted by molar-refractivity contribution is -0.143. The van der Waals surface area contributed by atoms with E-state index in [4.69, 9.17) is 0 Å². The van der Waals surface area contributed by atoms with Crippen molar-refractivity contribution >= 4 is 30.0 Å². The summed E-state index contributed by atoms with van der Waals surface area (Å²) in [6, 6.07) is 0. The Kier molecular flexibility index (Phi) is 6.24. The Bertz CT molecular complexity index is 346. The van der Waals surface area contributed by atoms with Crippen LogP contribution in [0, 0.1) is 17.8 Å². The molecule has 108 valence electrons. The minimum absolute atomic E-state index is 0.0102. The molecule has 0 radical (unpaired) electrons.